The van der Waals surface area contributed by atoms with Gasteiger partial charge in [0.2, 0.25) is 0 Å². The molecule has 0 aliphatic heterocycles. The van der Waals surface area contributed by atoms with Gasteiger partial charge in [-0.15, -0.1) is 0 Å². The average molecular weight is 324 g/mol. The fourth-order valence-corrected chi connectivity index (χ4v) is 3.92. The number of hydrogen-bond acceptors (Lipinski definition) is 4. The molecule has 1 aromatic rings. The molecule has 1 aromatic heterocycles. The fraction of sp³-hybridized carbons (Fsp3) is 0.400. The van der Waals surface area contributed by atoms with Crippen LogP contribution >= 0.6 is 0 Å². The Hall–Kier alpha value is -2.04. The van der Waals surface area contributed by atoms with Gasteiger partial charge in [0.25, 0.3) is 0 Å². The van der Waals surface area contributed by atoms with Crippen molar-refractivity contribution in [2.75, 3.05) is 0 Å². The molecule has 3 aliphatic carbocycles. The highest BCUT2D eigenvalue weighted by Gasteiger charge is 2.29. The molecule has 24 heavy (non-hydrogen) atoms. The van der Waals surface area contributed by atoms with E-state index in [1.165, 1.54) is 16.7 Å². The maximum Gasteiger partial charge on any atom is 0.154 e. The summed E-state index contributed by atoms with van der Waals surface area (Å²) in [4.78, 5) is 0. The van der Waals surface area contributed by atoms with E-state index < -0.39 is 0 Å². The molecule has 4 heteroatoms. The van der Waals surface area contributed by atoms with E-state index in [2.05, 4.69) is 31.2 Å². The summed E-state index contributed by atoms with van der Waals surface area (Å²) in [6.45, 7) is 2.21. The van der Waals surface area contributed by atoms with Crippen molar-refractivity contribution in [1.82, 2.24) is 0 Å². The predicted molar refractivity (Wildman–Crippen MR) is 95.6 cm³/mol. The third-order valence-electron chi connectivity index (χ3n) is 5.43. The minimum absolute atomic E-state index is 0.0444. The second-order valence-electron chi connectivity index (χ2n) is 7.02. The van der Waals surface area contributed by atoms with Crippen LogP contribution in [0.4, 0.5) is 0 Å². The normalized spacial score (nSPS) is 29.5. The van der Waals surface area contributed by atoms with Crippen molar-refractivity contribution < 1.29 is 9.52 Å². The lowest BCUT2D eigenvalue weighted by atomic mass is 9.85. The molecule has 0 saturated carbocycles. The van der Waals surface area contributed by atoms with E-state index in [0.717, 1.165) is 42.8 Å². The van der Waals surface area contributed by atoms with Crippen LogP contribution in [0.2, 0.25) is 0 Å². The van der Waals surface area contributed by atoms with E-state index in [9.17, 15) is 5.11 Å². The second kappa shape index (κ2) is 5.80. The van der Waals surface area contributed by atoms with E-state index >= 15 is 0 Å². The molecular formula is C20H24N2O2. The van der Waals surface area contributed by atoms with Crippen LogP contribution < -0.4 is 11.5 Å². The molecule has 0 aromatic carbocycles. The van der Waals surface area contributed by atoms with Crippen LogP contribution in [0.1, 0.15) is 55.7 Å². The summed E-state index contributed by atoms with van der Waals surface area (Å²) in [6, 6.07) is 2.01. The number of nitrogens with two attached hydrogens (primary N) is 2. The highest BCUT2D eigenvalue weighted by atomic mass is 16.3. The predicted octanol–water partition coefficient (Wildman–Crippen LogP) is 3.41. The van der Waals surface area contributed by atoms with Gasteiger partial charge in [0, 0.05) is 23.1 Å². The molecule has 0 bridgehead atoms. The molecule has 0 radical (unpaired) electrons. The summed E-state index contributed by atoms with van der Waals surface area (Å²) in [5.74, 6) is 1.87. The van der Waals surface area contributed by atoms with Crippen LogP contribution in [-0.4, -0.2) is 11.2 Å². The Balaban J connectivity index is 1.60. The van der Waals surface area contributed by atoms with Crippen molar-refractivity contribution >= 4 is 11.3 Å². The number of fused-ring (bicyclic) bond motifs is 1. The summed E-state index contributed by atoms with van der Waals surface area (Å²) in [5.41, 5.74) is 17.8. The first-order valence-corrected chi connectivity index (χ1v) is 8.69. The summed E-state index contributed by atoms with van der Waals surface area (Å²) < 4.78 is 6.06. The minimum atomic E-state index is -0.188. The van der Waals surface area contributed by atoms with Crippen molar-refractivity contribution in [3.05, 3.63) is 58.6 Å². The zero-order valence-corrected chi connectivity index (χ0v) is 14.0. The maximum atomic E-state index is 9.69. The van der Waals surface area contributed by atoms with Crippen molar-refractivity contribution in [2.45, 2.75) is 44.8 Å². The summed E-state index contributed by atoms with van der Waals surface area (Å²) in [6.07, 6.45) is 11.5. The van der Waals surface area contributed by atoms with Crippen LogP contribution in [-0.2, 0) is 0 Å². The van der Waals surface area contributed by atoms with Crippen LogP contribution in [0.3, 0.4) is 0 Å². The maximum absolute atomic E-state index is 9.69. The van der Waals surface area contributed by atoms with Gasteiger partial charge < -0.3 is 21.0 Å². The van der Waals surface area contributed by atoms with Gasteiger partial charge in [-0.2, -0.15) is 0 Å². The second-order valence-corrected chi connectivity index (χ2v) is 7.02. The summed E-state index contributed by atoms with van der Waals surface area (Å²) >= 11 is 0. The summed E-state index contributed by atoms with van der Waals surface area (Å²) in [7, 11) is 0. The Labute approximate surface area is 142 Å². The standard InChI is InChI=1S/C20H24N2O2/c1-11-14(12-2-4-13(23)5-3-12)6-7-15(11)19-10-16-17(21)8-9-18(22)20(16)24-19/h2,6-7,9-11,13,17,23H,3-5,8,21-22H2,1H3. The van der Waals surface area contributed by atoms with E-state index in [4.69, 9.17) is 15.9 Å². The van der Waals surface area contributed by atoms with Gasteiger partial charge >= 0.3 is 0 Å². The minimum Gasteiger partial charge on any atom is -0.455 e. The smallest absolute Gasteiger partial charge is 0.154 e. The van der Waals surface area contributed by atoms with Gasteiger partial charge in [-0.05, 0) is 42.9 Å². The third kappa shape index (κ3) is 2.46. The molecule has 0 fully saturated rings. The molecule has 3 unspecified atom stereocenters. The van der Waals surface area contributed by atoms with E-state index in [1.54, 1.807) is 0 Å². The van der Waals surface area contributed by atoms with Gasteiger partial charge in [-0.1, -0.05) is 31.2 Å². The van der Waals surface area contributed by atoms with E-state index in [0.29, 0.717) is 5.70 Å². The third-order valence-corrected chi connectivity index (χ3v) is 5.43. The van der Waals surface area contributed by atoms with Gasteiger partial charge in [0.1, 0.15) is 5.76 Å². The molecule has 5 N–H and O–H groups in total. The lowest BCUT2D eigenvalue weighted by molar-refractivity contribution is 0.163. The first-order chi connectivity index (χ1) is 11.5. The Bertz CT molecular complexity index is 795. The molecule has 126 valence electrons. The van der Waals surface area contributed by atoms with Crippen molar-refractivity contribution in [1.29, 1.82) is 0 Å². The Morgan fingerprint density at radius 3 is 2.67 bits per heavy atom. The van der Waals surface area contributed by atoms with Crippen molar-refractivity contribution in [3.63, 3.8) is 0 Å². The number of rotatable bonds is 2. The lowest BCUT2D eigenvalue weighted by Gasteiger charge is -2.22. The zero-order valence-electron chi connectivity index (χ0n) is 14.0. The number of aliphatic hydroxyl groups excluding tert-OH is 1. The Kier molecular flexibility index (Phi) is 3.74. The number of furan rings is 1. The molecule has 3 aliphatic rings. The van der Waals surface area contributed by atoms with Crippen LogP contribution in [0, 0.1) is 5.92 Å². The first kappa shape index (κ1) is 15.5. The molecule has 0 spiro atoms. The van der Waals surface area contributed by atoms with Gasteiger partial charge in [0.15, 0.2) is 5.76 Å². The van der Waals surface area contributed by atoms with E-state index in [1.807, 2.05) is 6.08 Å². The highest BCUT2D eigenvalue weighted by Crippen LogP contribution is 2.43. The zero-order chi connectivity index (χ0) is 16.8. The molecule has 4 rings (SSSR count). The monoisotopic (exact) mass is 324 g/mol. The fourth-order valence-electron chi connectivity index (χ4n) is 3.92. The number of aliphatic hydroxyl groups is 1. The number of hydrogen-bond donors (Lipinski definition) is 3. The topological polar surface area (TPSA) is 85.4 Å². The molecule has 1 heterocycles. The summed E-state index contributed by atoms with van der Waals surface area (Å²) in [5, 5.41) is 9.69. The van der Waals surface area contributed by atoms with Crippen LogP contribution in [0.15, 0.2) is 45.9 Å². The largest absolute Gasteiger partial charge is 0.455 e. The molecule has 0 amide bonds. The van der Waals surface area contributed by atoms with Crippen LogP contribution in [0.25, 0.3) is 11.3 Å². The average Bonchev–Trinajstić information content (AvgIpc) is 3.17. The lowest BCUT2D eigenvalue weighted by Crippen LogP contribution is -2.15. The quantitative estimate of drug-likeness (QED) is 0.778. The van der Waals surface area contributed by atoms with Crippen LogP contribution in [0.5, 0.6) is 0 Å². The Morgan fingerprint density at radius 1 is 1.17 bits per heavy atom. The Morgan fingerprint density at radius 2 is 1.96 bits per heavy atom. The first-order valence-electron chi connectivity index (χ1n) is 8.69. The molecule has 4 nitrogen and oxygen atoms in total. The van der Waals surface area contributed by atoms with Crippen molar-refractivity contribution in [3.8, 4) is 0 Å². The van der Waals surface area contributed by atoms with Crippen molar-refractivity contribution in [2.24, 2.45) is 17.4 Å². The van der Waals surface area contributed by atoms with Gasteiger partial charge in [-0.3, -0.25) is 0 Å². The molecular weight excluding hydrogens is 300 g/mol. The number of allylic oxidation sites excluding steroid dienone is 5. The van der Waals surface area contributed by atoms with Gasteiger partial charge in [0.05, 0.1) is 11.8 Å². The SMILES string of the molecule is CC1C(C2=CCC(O)CC2)=CC=C1c1cc2c(o1)C(N)=CCC2N. The highest BCUT2D eigenvalue weighted by molar-refractivity contribution is 5.76. The molecule has 0 saturated heterocycles. The van der Waals surface area contributed by atoms with E-state index in [-0.39, 0.29) is 18.1 Å². The van der Waals surface area contributed by atoms with Gasteiger partial charge in [-0.25, -0.2) is 0 Å². The molecule has 3 atom stereocenters.